The molecule has 6 nitrogen and oxygen atoms in total. The van der Waals surface area contributed by atoms with Gasteiger partial charge in [0.1, 0.15) is 0 Å². The highest BCUT2D eigenvalue weighted by atomic mass is 32.2. The number of nitrogens with zero attached hydrogens (tertiary/aromatic N) is 2. The van der Waals surface area contributed by atoms with Gasteiger partial charge in [0.25, 0.3) is 0 Å². The summed E-state index contributed by atoms with van der Waals surface area (Å²) in [6.45, 7) is 3.36. The van der Waals surface area contributed by atoms with E-state index in [-0.39, 0.29) is 0 Å². The molecule has 2 aliphatic heterocycles. The van der Waals surface area contributed by atoms with E-state index < -0.39 is 20.5 Å². The molecular weight excluding hydrogens is 701 g/mol. The topological polar surface area (TPSA) is 59.1 Å². The third-order valence-corrected chi connectivity index (χ3v) is 14.6. The van der Waals surface area contributed by atoms with E-state index in [4.69, 9.17) is 9.47 Å². The minimum Gasteiger partial charge on any atom is -0.430 e. The summed E-state index contributed by atoms with van der Waals surface area (Å²) in [4.78, 5) is 30.9. The minimum atomic E-state index is -0.910. The normalized spacial score (nSPS) is 16.5. The summed E-state index contributed by atoms with van der Waals surface area (Å²) in [5.74, 6) is 14.8. The van der Waals surface area contributed by atoms with Crippen molar-refractivity contribution < 1.29 is 19.1 Å². The highest BCUT2D eigenvalue weighted by Gasteiger charge is 2.43. The third-order valence-electron chi connectivity index (χ3n) is 8.28. The van der Waals surface area contributed by atoms with Gasteiger partial charge in [-0.05, 0) is 99.8 Å². The quantitative estimate of drug-likeness (QED) is 0.0965. The highest BCUT2D eigenvalue weighted by Crippen LogP contribution is 2.48. The lowest BCUT2D eigenvalue weighted by atomic mass is 10.1. The molecule has 2 aliphatic rings. The van der Waals surface area contributed by atoms with Crippen molar-refractivity contribution in [2.75, 3.05) is 63.3 Å². The molecule has 2 aromatic carbocycles. The first-order valence-corrected chi connectivity index (χ1v) is 21.7. The van der Waals surface area contributed by atoms with Crippen LogP contribution in [0.15, 0.2) is 60.7 Å². The van der Waals surface area contributed by atoms with Crippen LogP contribution >= 0.6 is 47.0 Å². The van der Waals surface area contributed by atoms with Crippen LogP contribution in [0.4, 0.5) is 0 Å². The van der Waals surface area contributed by atoms with Crippen molar-refractivity contribution in [2.45, 2.75) is 72.7 Å². The molecule has 2 heterocycles. The summed E-state index contributed by atoms with van der Waals surface area (Å²) in [5, 5.41) is 0. The number of carbonyl (C=O) groups excluding carboxylic acids is 2. The molecule has 0 aromatic heterocycles. The first-order valence-electron chi connectivity index (χ1n) is 17.8. The van der Waals surface area contributed by atoms with Gasteiger partial charge in [-0.1, -0.05) is 72.5 Å². The molecule has 0 radical (unpaired) electrons. The summed E-state index contributed by atoms with van der Waals surface area (Å²) in [7, 11) is 4.19. The minimum absolute atomic E-state index is 0.566. The molecule has 0 aliphatic carbocycles. The number of thioether (sulfide) groups is 4. The molecule has 4 rings (SSSR count). The van der Waals surface area contributed by atoms with Gasteiger partial charge in [-0.15, -0.1) is 58.9 Å². The number of benzene rings is 2. The van der Waals surface area contributed by atoms with Crippen LogP contribution in [0.2, 0.25) is 0 Å². The van der Waals surface area contributed by atoms with Gasteiger partial charge in [0, 0.05) is 25.7 Å². The van der Waals surface area contributed by atoms with E-state index >= 15 is 0 Å². The van der Waals surface area contributed by atoms with Gasteiger partial charge in [-0.2, -0.15) is 0 Å². The van der Waals surface area contributed by atoms with Crippen LogP contribution in [-0.4, -0.2) is 93.6 Å². The Labute approximate surface area is 317 Å². The first-order chi connectivity index (χ1) is 24.4. The van der Waals surface area contributed by atoms with Gasteiger partial charge < -0.3 is 9.47 Å². The van der Waals surface area contributed by atoms with Crippen LogP contribution in [-0.2, 0) is 31.9 Å². The van der Waals surface area contributed by atoms with Gasteiger partial charge in [0.2, 0.25) is 8.53 Å². The van der Waals surface area contributed by atoms with E-state index in [9.17, 15) is 9.59 Å². The molecule has 0 saturated carbocycles. The van der Waals surface area contributed by atoms with E-state index in [1.54, 1.807) is 47.0 Å². The van der Waals surface area contributed by atoms with Crippen LogP contribution in [0.25, 0.3) is 0 Å². The van der Waals surface area contributed by atoms with Gasteiger partial charge >= 0.3 is 11.9 Å². The SMILES string of the molecule is CN(CC#CCCC1(OC(=O)C(=O)OC2(CCC#CCN(C)CCCc3ccccc3)SCCCS2)SCCCS1)CCCc1ccccc1. The van der Waals surface area contributed by atoms with Crippen LogP contribution < -0.4 is 0 Å². The summed E-state index contributed by atoms with van der Waals surface area (Å²) in [5.41, 5.74) is 2.72. The Morgan fingerprint density at radius 2 is 1.00 bits per heavy atom. The van der Waals surface area contributed by atoms with E-state index in [1.807, 2.05) is 12.1 Å². The second-order valence-corrected chi connectivity index (χ2v) is 18.5. The van der Waals surface area contributed by atoms with Crippen LogP contribution in [0.3, 0.4) is 0 Å². The molecule has 0 amide bonds. The molecule has 2 saturated heterocycles. The maximum atomic E-state index is 13.2. The lowest BCUT2D eigenvalue weighted by molar-refractivity contribution is -0.171. The molecule has 0 N–H and O–H groups in total. The average Bonchev–Trinajstić information content (AvgIpc) is 3.13. The highest BCUT2D eigenvalue weighted by molar-refractivity contribution is 8.19. The zero-order valence-electron chi connectivity index (χ0n) is 29.7. The molecule has 0 unspecified atom stereocenters. The van der Waals surface area contributed by atoms with Gasteiger partial charge in [0.05, 0.1) is 13.1 Å². The smallest absolute Gasteiger partial charge is 0.419 e. The van der Waals surface area contributed by atoms with Crippen molar-refractivity contribution in [3.8, 4) is 23.7 Å². The lowest BCUT2D eigenvalue weighted by Crippen LogP contribution is -2.39. The van der Waals surface area contributed by atoms with Crippen molar-refractivity contribution in [1.82, 2.24) is 9.80 Å². The monoisotopic (exact) mass is 752 g/mol. The third kappa shape index (κ3) is 15.2. The van der Waals surface area contributed by atoms with Crippen molar-refractivity contribution >= 4 is 59.0 Å². The number of hydrogen-bond acceptors (Lipinski definition) is 10. The Morgan fingerprint density at radius 1 is 0.620 bits per heavy atom. The molecule has 0 atom stereocenters. The standard InChI is InChI=1S/C40H52N2O4S4/c1-41(29-15-23-35-19-7-3-8-20-35)27-13-5-11-25-39(47-31-17-32-48-39)45-37(43)38(44)46-40(49-33-18-34-50-40)26-12-6-14-28-42(2)30-16-24-36-21-9-4-10-22-36/h3-4,7-10,19-22H,11-12,15-18,23-34H2,1-2H3. The Hall–Kier alpha value is -2.18. The largest absolute Gasteiger partial charge is 0.430 e. The van der Waals surface area contributed by atoms with Gasteiger partial charge in [-0.3, -0.25) is 9.80 Å². The first kappa shape index (κ1) is 40.6. The second-order valence-electron chi connectivity index (χ2n) is 12.6. The maximum Gasteiger partial charge on any atom is 0.419 e. The molecular formula is C40H52N2O4S4. The molecule has 2 aromatic rings. The van der Waals surface area contributed by atoms with E-state index in [2.05, 4.69) is 96.1 Å². The van der Waals surface area contributed by atoms with E-state index in [0.717, 1.165) is 74.6 Å². The predicted molar refractivity (Wildman–Crippen MR) is 215 cm³/mol. The summed E-state index contributed by atoms with van der Waals surface area (Å²) in [6.07, 6.45) is 8.70. The number of rotatable bonds is 16. The average molecular weight is 753 g/mol. The van der Waals surface area contributed by atoms with Gasteiger partial charge in [0.15, 0.2) is 0 Å². The Kier molecular flexibility index (Phi) is 18.4. The van der Waals surface area contributed by atoms with Crippen molar-refractivity contribution in [2.24, 2.45) is 0 Å². The predicted octanol–water partition coefficient (Wildman–Crippen LogP) is 7.82. The summed E-state index contributed by atoms with van der Waals surface area (Å²) in [6, 6.07) is 21.1. The fourth-order valence-electron chi connectivity index (χ4n) is 5.53. The number of ether oxygens (including phenoxy) is 2. The molecule has 10 heteroatoms. The number of esters is 2. The zero-order chi connectivity index (χ0) is 35.3. The van der Waals surface area contributed by atoms with Crippen molar-refractivity contribution in [1.29, 1.82) is 0 Å². The molecule has 2 fully saturated rings. The van der Waals surface area contributed by atoms with Gasteiger partial charge in [-0.25, -0.2) is 9.59 Å². The maximum absolute atomic E-state index is 13.2. The summed E-state index contributed by atoms with van der Waals surface area (Å²) >= 11 is 6.41. The fourth-order valence-corrected chi connectivity index (χ4v) is 11.5. The molecule has 270 valence electrons. The Morgan fingerprint density at radius 3 is 1.38 bits per heavy atom. The Balaban J connectivity index is 1.20. The number of hydrogen-bond donors (Lipinski definition) is 0. The number of carbonyl (C=O) groups is 2. The molecule has 0 spiro atoms. The van der Waals surface area contributed by atoms with Crippen LogP contribution in [0, 0.1) is 23.7 Å². The molecule has 50 heavy (non-hydrogen) atoms. The Bertz CT molecular complexity index is 1320. The second kappa shape index (κ2) is 22.7. The number of aryl methyl sites for hydroxylation is 2. The molecule has 0 bridgehead atoms. The van der Waals surface area contributed by atoms with Crippen LogP contribution in [0.1, 0.15) is 62.5 Å². The van der Waals surface area contributed by atoms with E-state index in [1.165, 1.54) is 11.1 Å². The zero-order valence-corrected chi connectivity index (χ0v) is 32.9. The summed E-state index contributed by atoms with van der Waals surface area (Å²) < 4.78 is 10.3. The van der Waals surface area contributed by atoms with Crippen molar-refractivity contribution in [3.63, 3.8) is 0 Å². The van der Waals surface area contributed by atoms with Crippen molar-refractivity contribution in [3.05, 3.63) is 71.8 Å². The van der Waals surface area contributed by atoms with E-state index in [0.29, 0.717) is 38.8 Å². The fraction of sp³-hybridized carbons (Fsp3) is 0.550. The van der Waals surface area contributed by atoms with Crippen LogP contribution in [0.5, 0.6) is 0 Å². The lowest BCUT2D eigenvalue weighted by Gasteiger charge is -2.36.